The molecule has 1 amide bonds. The number of carbonyl (C=O) groups excluding carboxylic acids is 1. The third-order valence-corrected chi connectivity index (χ3v) is 4.96. The van der Waals surface area contributed by atoms with E-state index < -0.39 is 5.91 Å². The maximum atomic E-state index is 11.2. The minimum Gasteiger partial charge on any atom is -0.497 e. The van der Waals surface area contributed by atoms with Crippen LogP contribution in [-0.2, 0) is 6.54 Å². The zero-order chi connectivity index (χ0) is 20.8. The van der Waals surface area contributed by atoms with Crippen LogP contribution in [0.15, 0.2) is 39.7 Å². The van der Waals surface area contributed by atoms with E-state index in [1.54, 1.807) is 26.4 Å². The molecule has 1 aromatic heterocycles. The summed E-state index contributed by atoms with van der Waals surface area (Å²) < 4.78 is 16.2. The number of hydrogen-bond donors (Lipinski definition) is 2. The van der Waals surface area contributed by atoms with Gasteiger partial charge in [-0.25, -0.2) is 4.99 Å². The minimum atomic E-state index is -0.580. The van der Waals surface area contributed by atoms with Gasteiger partial charge in [0.25, 0.3) is 5.91 Å². The monoisotopic (exact) mass is 400 g/mol. The van der Waals surface area contributed by atoms with Crippen LogP contribution in [0.4, 0.5) is 0 Å². The Morgan fingerprint density at radius 3 is 2.59 bits per heavy atom. The number of amides is 1. The molecule has 1 unspecified atom stereocenters. The Morgan fingerprint density at radius 1 is 1.28 bits per heavy atom. The number of ether oxygens (including phenoxy) is 2. The molecular weight excluding hydrogens is 372 g/mol. The molecule has 29 heavy (non-hydrogen) atoms. The smallest absolute Gasteiger partial charge is 0.284 e. The third-order valence-electron chi connectivity index (χ3n) is 4.96. The van der Waals surface area contributed by atoms with E-state index in [0.717, 1.165) is 43.5 Å². The number of nitrogens with one attached hydrogen (secondary N) is 1. The van der Waals surface area contributed by atoms with Crippen LogP contribution in [0.3, 0.4) is 0 Å². The molecule has 1 aliphatic rings. The predicted octanol–water partition coefficient (Wildman–Crippen LogP) is 2.35. The Labute approximate surface area is 170 Å². The molecule has 156 valence electrons. The Balaban J connectivity index is 1.72. The average molecular weight is 400 g/mol. The highest BCUT2D eigenvalue weighted by atomic mass is 16.5. The second-order valence-corrected chi connectivity index (χ2v) is 6.88. The third kappa shape index (κ3) is 5.01. The van der Waals surface area contributed by atoms with E-state index in [1.165, 1.54) is 5.56 Å². The molecule has 1 atom stereocenters. The summed E-state index contributed by atoms with van der Waals surface area (Å²) in [5, 5.41) is 3.33. The number of furan rings is 1. The average Bonchev–Trinajstić information content (AvgIpc) is 3.40. The van der Waals surface area contributed by atoms with Crippen molar-refractivity contribution in [2.24, 2.45) is 10.7 Å². The summed E-state index contributed by atoms with van der Waals surface area (Å²) >= 11 is 0. The fourth-order valence-electron chi connectivity index (χ4n) is 3.46. The Morgan fingerprint density at radius 2 is 2.00 bits per heavy atom. The topological polar surface area (TPSA) is 102 Å². The number of benzene rings is 1. The van der Waals surface area contributed by atoms with Gasteiger partial charge < -0.3 is 29.8 Å². The number of nitrogens with zero attached hydrogens (tertiary/aromatic N) is 2. The van der Waals surface area contributed by atoms with Crippen LogP contribution < -0.4 is 20.5 Å². The van der Waals surface area contributed by atoms with Gasteiger partial charge in [0, 0.05) is 31.6 Å². The van der Waals surface area contributed by atoms with Crippen molar-refractivity contribution in [1.82, 2.24) is 10.2 Å². The first-order valence-electron chi connectivity index (χ1n) is 9.68. The van der Waals surface area contributed by atoms with Crippen LogP contribution in [-0.4, -0.2) is 50.6 Å². The molecule has 1 aliphatic heterocycles. The number of primary amides is 1. The number of carbonyl (C=O) groups is 1. The summed E-state index contributed by atoms with van der Waals surface area (Å²) in [6, 6.07) is 9.31. The first-order chi connectivity index (χ1) is 14.0. The van der Waals surface area contributed by atoms with E-state index in [4.69, 9.17) is 19.6 Å². The maximum Gasteiger partial charge on any atom is 0.284 e. The lowest BCUT2D eigenvalue weighted by Crippen LogP contribution is -2.40. The first kappa shape index (κ1) is 20.6. The normalized spacial score (nSPS) is 16.7. The largest absolute Gasteiger partial charge is 0.497 e. The van der Waals surface area contributed by atoms with Gasteiger partial charge in [0.2, 0.25) is 0 Å². The maximum absolute atomic E-state index is 11.2. The quantitative estimate of drug-likeness (QED) is 0.546. The fraction of sp³-hybridized carbons (Fsp3) is 0.429. The van der Waals surface area contributed by atoms with Crippen LogP contribution in [0.1, 0.15) is 41.1 Å². The predicted molar refractivity (Wildman–Crippen MR) is 111 cm³/mol. The number of methoxy groups -OCH3 is 2. The van der Waals surface area contributed by atoms with Crippen LogP contribution >= 0.6 is 0 Å². The Kier molecular flexibility index (Phi) is 6.64. The van der Waals surface area contributed by atoms with Crippen molar-refractivity contribution < 1.29 is 18.7 Å². The molecular formula is C21H28N4O4. The van der Waals surface area contributed by atoms with Gasteiger partial charge in [0.05, 0.1) is 14.2 Å². The van der Waals surface area contributed by atoms with Gasteiger partial charge in [-0.3, -0.25) is 4.79 Å². The van der Waals surface area contributed by atoms with Gasteiger partial charge in [-0.2, -0.15) is 0 Å². The minimum absolute atomic E-state index is 0.147. The Bertz CT molecular complexity index is 855. The second kappa shape index (κ2) is 9.36. The van der Waals surface area contributed by atoms with Crippen molar-refractivity contribution in [3.05, 3.63) is 47.4 Å². The van der Waals surface area contributed by atoms with Crippen molar-refractivity contribution in [3.63, 3.8) is 0 Å². The molecule has 0 radical (unpaired) electrons. The molecule has 0 bridgehead atoms. The van der Waals surface area contributed by atoms with Gasteiger partial charge in [-0.1, -0.05) is 0 Å². The lowest BCUT2D eigenvalue weighted by atomic mass is 9.98. The standard InChI is InChI=1S/C21H28N4O4/c1-4-23-21(24-12-16-5-6-19(29-16)20(22)26)25-8-7-14(13-25)15-9-17(27-2)11-18(10-15)28-3/h5-6,9-11,14H,4,7-8,12-13H2,1-3H3,(H2,22,26)(H,23,24). The zero-order valence-electron chi connectivity index (χ0n) is 17.1. The molecule has 3 N–H and O–H groups in total. The van der Waals surface area contributed by atoms with Gasteiger partial charge >= 0.3 is 0 Å². The Hall–Kier alpha value is -3.16. The molecule has 0 saturated carbocycles. The number of likely N-dealkylation sites (tertiary alicyclic amines) is 1. The molecule has 0 aliphatic carbocycles. The lowest BCUT2D eigenvalue weighted by Gasteiger charge is -2.22. The van der Waals surface area contributed by atoms with E-state index in [0.29, 0.717) is 18.2 Å². The van der Waals surface area contributed by atoms with E-state index in [9.17, 15) is 4.79 Å². The van der Waals surface area contributed by atoms with Crippen LogP contribution in [0.2, 0.25) is 0 Å². The fourth-order valence-corrected chi connectivity index (χ4v) is 3.46. The highest BCUT2D eigenvalue weighted by molar-refractivity contribution is 5.89. The number of guanidine groups is 1. The molecule has 2 heterocycles. The zero-order valence-corrected chi connectivity index (χ0v) is 17.1. The number of hydrogen-bond acceptors (Lipinski definition) is 5. The summed E-state index contributed by atoms with van der Waals surface area (Å²) in [6.45, 7) is 4.86. The molecule has 0 spiro atoms. The number of aliphatic imine (C=N–C) groups is 1. The summed E-state index contributed by atoms with van der Waals surface area (Å²) in [7, 11) is 3.32. The summed E-state index contributed by atoms with van der Waals surface area (Å²) in [5.74, 6) is 2.93. The SMILES string of the molecule is CCNC(=NCc1ccc(C(N)=O)o1)N1CCC(c2cc(OC)cc(OC)c2)C1. The van der Waals surface area contributed by atoms with Crippen LogP contribution in [0, 0.1) is 0 Å². The van der Waals surface area contributed by atoms with Crippen molar-refractivity contribution in [1.29, 1.82) is 0 Å². The molecule has 1 aromatic carbocycles. The van der Waals surface area contributed by atoms with E-state index in [-0.39, 0.29) is 5.76 Å². The van der Waals surface area contributed by atoms with Crippen molar-refractivity contribution >= 4 is 11.9 Å². The van der Waals surface area contributed by atoms with Gasteiger partial charge in [-0.15, -0.1) is 0 Å². The van der Waals surface area contributed by atoms with E-state index in [2.05, 4.69) is 27.3 Å². The van der Waals surface area contributed by atoms with E-state index in [1.807, 2.05) is 13.0 Å². The van der Waals surface area contributed by atoms with Crippen molar-refractivity contribution in [3.8, 4) is 11.5 Å². The first-order valence-corrected chi connectivity index (χ1v) is 9.68. The number of nitrogens with two attached hydrogens (primary N) is 1. The molecule has 2 aromatic rings. The van der Waals surface area contributed by atoms with Gasteiger partial charge in [0.15, 0.2) is 11.7 Å². The molecule has 8 nitrogen and oxygen atoms in total. The lowest BCUT2D eigenvalue weighted by molar-refractivity contribution is 0.0972. The molecule has 1 fully saturated rings. The van der Waals surface area contributed by atoms with Crippen LogP contribution in [0.25, 0.3) is 0 Å². The van der Waals surface area contributed by atoms with Crippen molar-refractivity contribution in [2.75, 3.05) is 33.9 Å². The highest BCUT2D eigenvalue weighted by Gasteiger charge is 2.27. The van der Waals surface area contributed by atoms with E-state index >= 15 is 0 Å². The summed E-state index contributed by atoms with van der Waals surface area (Å²) in [5.41, 5.74) is 6.43. The second-order valence-electron chi connectivity index (χ2n) is 6.88. The molecule has 3 rings (SSSR count). The van der Waals surface area contributed by atoms with Gasteiger partial charge in [0.1, 0.15) is 23.8 Å². The summed E-state index contributed by atoms with van der Waals surface area (Å²) in [6.07, 6.45) is 1.01. The van der Waals surface area contributed by atoms with Crippen molar-refractivity contribution in [2.45, 2.75) is 25.8 Å². The molecule has 8 heteroatoms. The molecule has 1 saturated heterocycles. The van der Waals surface area contributed by atoms with Gasteiger partial charge in [-0.05, 0) is 43.2 Å². The summed E-state index contributed by atoms with van der Waals surface area (Å²) in [4.78, 5) is 18.1. The van der Waals surface area contributed by atoms with Crippen LogP contribution in [0.5, 0.6) is 11.5 Å². The highest BCUT2D eigenvalue weighted by Crippen LogP contribution is 2.33. The number of rotatable bonds is 7.